The molecule has 0 unspecified atom stereocenters. The zero-order chi connectivity index (χ0) is 19.3. The van der Waals surface area contributed by atoms with Gasteiger partial charge < -0.3 is 19.7 Å². The number of allylic oxidation sites excluding steroid dienone is 3. The summed E-state index contributed by atoms with van der Waals surface area (Å²) in [6.45, 7) is 0. The fraction of sp³-hybridized carbons (Fsp3) is 0.100. The van der Waals surface area contributed by atoms with Crippen LogP contribution in [0.3, 0.4) is 0 Å². The van der Waals surface area contributed by atoms with E-state index in [1.165, 1.54) is 18.2 Å². The second-order valence-electron chi connectivity index (χ2n) is 6.20. The third-order valence-electron chi connectivity index (χ3n) is 4.72. The van der Waals surface area contributed by atoms with Crippen molar-refractivity contribution in [1.82, 2.24) is 0 Å². The molecule has 136 valence electrons. The smallest absolute Gasteiger partial charge is 0.195 e. The van der Waals surface area contributed by atoms with E-state index in [9.17, 15) is 19.8 Å². The minimum absolute atomic E-state index is 0.0199. The number of carboxylic acids is 1. The normalized spacial score (nSPS) is 20.7. The summed E-state index contributed by atoms with van der Waals surface area (Å²) in [5.74, 6) is -1.65. The summed E-state index contributed by atoms with van der Waals surface area (Å²) in [5.41, 5.74) is 1.31. The van der Waals surface area contributed by atoms with Crippen molar-refractivity contribution in [3.63, 3.8) is 0 Å². The van der Waals surface area contributed by atoms with E-state index in [-0.39, 0.29) is 27.5 Å². The Morgan fingerprint density at radius 2 is 1.85 bits per heavy atom. The molecule has 1 aliphatic carbocycles. The molecule has 2 atom stereocenters. The highest BCUT2D eigenvalue weighted by Gasteiger charge is 2.40. The maximum Gasteiger partial charge on any atom is 0.195 e. The van der Waals surface area contributed by atoms with Gasteiger partial charge in [0.25, 0.3) is 0 Å². The number of ether oxygens (including phenoxy) is 1. The molecule has 0 amide bonds. The summed E-state index contributed by atoms with van der Waals surface area (Å²) in [6, 6.07) is 9.81. The Morgan fingerprint density at radius 3 is 2.59 bits per heavy atom. The molecule has 0 saturated carbocycles. The van der Waals surface area contributed by atoms with Crippen molar-refractivity contribution in [3.05, 3.63) is 80.0 Å². The van der Waals surface area contributed by atoms with Crippen LogP contribution in [0.4, 0.5) is 0 Å². The summed E-state index contributed by atoms with van der Waals surface area (Å²) < 4.78 is 6.58. The van der Waals surface area contributed by atoms with Crippen LogP contribution in [0.1, 0.15) is 27.4 Å². The molecule has 0 saturated heterocycles. The van der Waals surface area contributed by atoms with E-state index in [2.05, 4.69) is 31.9 Å². The number of fused-ring (bicyclic) bond motifs is 2. The summed E-state index contributed by atoms with van der Waals surface area (Å²) in [5, 5.41) is 21.7. The average molecular weight is 491 g/mol. The molecule has 2 aromatic carbocycles. The third-order valence-corrected chi connectivity index (χ3v) is 6.27. The van der Waals surface area contributed by atoms with Crippen LogP contribution in [0.5, 0.6) is 11.5 Å². The van der Waals surface area contributed by atoms with Gasteiger partial charge in [-0.25, -0.2) is 0 Å². The van der Waals surface area contributed by atoms with Crippen molar-refractivity contribution in [3.8, 4) is 11.5 Å². The van der Waals surface area contributed by atoms with Gasteiger partial charge >= 0.3 is 0 Å². The van der Waals surface area contributed by atoms with E-state index in [1.54, 1.807) is 30.3 Å². The first-order chi connectivity index (χ1) is 12.9. The molecular weight excluding hydrogens is 480 g/mol. The van der Waals surface area contributed by atoms with Gasteiger partial charge in [0, 0.05) is 23.0 Å². The van der Waals surface area contributed by atoms with Crippen LogP contribution in [-0.2, 0) is 4.79 Å². The summed E-state index contributed by atoms with van der Waals surface area (Å²) in [6.07, 6.45) is 3.15. The van der Waals surface area contributed by atoms with Gasteiger partial charge in [0.1, 0.15) is 26.2 Å². The molecule has 0 bridgehead atoms. The highest BCUT2D eigenvalue weighted by atomic mass is 79.9. The number of hydrogen-bond donors (Lipinski definition) is 1. The first kappa shape index (κ1) is 18.0. The molecule has 0 spiro atoms. The topological polar surface area (TPSA) is 86.7 Å². The van der Waals surface area contributed by atoms with Crippen LogP contribution >= 0.6 is 31.9 Å². The van der Waals surface area contributed by atoms with Crippen LogP contribution in [0.15, 0.2) is 63.3 Å². The molecule has 0 aromatic heterocycles. The number of phenols is 1. The van der Waals surface area contributed by atoms with Gasteiger partial charge in [-0.3, -0.25) is 4.79 Å². The van der Waals surface area contributed by atoms with Crippen LogP contribution in [0, 0.1) is 5.92 Å². The van der Waals surface area contributed by atoms with Crippen molar-refractivity contribution in [2.24, 2.45) is 5.92 Å². The SMILES string of the molecule is O=C1C=C[C@@H]2C(=C1Br)Oc1c(ccc(O)c1Br)[C@H]2c1ccccc1C(=O)[O-]. The minimum atomic E-state index is -1.28. The molecule has 2 aliphatic rings. The molecule has 27 heavy (non-hydrogen) atoms. The molecule has 1 aliphatic heterocycles. The number of rotatable bonds is 2. The number of carbonyl (C=O) groups excluding carboxylic acids is 2. The zero-order valence-corrected chi connectivity index (χ0v) is 16.8. The number of ketones is 1. The molecule has 2 aromatic rings. The van der Waals surface area contributed by atoms with Gasteiger partial charge in [0.05, 0.1) is 5.97 Å². The quantitative estimate of drug-likeness (QED) is 0.697. The zero-order valence-electron chi connectivity index (χ0n) is 13.6. The number of benzene rings is 2. The van der Waals surface area contributed by atoms with Crippen molar-refractivity contribution in [2.75, 3.05) is 0 Å². The highest BCUT2D eigenvalue weighted by molar-refractivity contribution is 9.12. The monoisotopic (exact) mass is 489 g/mol. The molecule has 0 radical (unpaired) electrons. The van der Waals surface area contributed by atoms with Crippen molar-refractivity contribution in [1.29, 1.82) is 0 Å². The Labute approximate surface area is 171 Å². The van der Waals surface area contributed by atoms with Crippen molar-refractivity contribution < 1.29 is 24.5 Å². The lowest BCUT2D eigenvalue weighted by Gasteiger charge is -2.37. The lowest BCUT2D eigenvalue weighted by atomic mass is 9.74. The van der Waals surface area contributed by atoms with E-state index in [4.69, 9.17) is 4.74 Å². The molecule has 4 rings (SSSR count). The second kappa shape index (κ2) is 6.65. The number of phenolic OH excluding ortho intramolecular Hbond substituents is 1. The Morgan fingerprint density at radius 1 is 1.11 bits per heavy atom. The van der Waals surface area contributed by atoms with Crippen LogP contribution in [0.25, 0.3) is 0 Å². The maximum atomic E-state index is 12.1. The molecule has 1 N–H and O–H groups in total. The van der Waals surface area contributed by atoms with Crippen LogP contribution < -0.4 is 9.84 Å². The largest absolute Gasteiger partial charge is 0.545 e. The Kier molecular flexibility index (Phi) is 4.44. The summed E-state index contributed by atoms with van der Waals surface area (Å²) in [7, 11) is 0. The van der Waals surface area contributed by atoms with Crippen molar-refractivity contribution in [2.45, 2.75) is 5.92 Å². The Hall–Kier alpha value is -2.38. The van der Waals surface area contributed by atoms with Gasteiger partial charge in [-0.15, -0.1) is 0 Å². The standard InChI is InChI=1S/C20H12Br2O5/c21-16-13(23)7-5-11-15(9-3-1-2-4-10(9)20(25)26)12-6-8-14(24)17(22)19(12)27-18(11)16/h1-8,11,15,24H,(H,25,26)/p-1/t11-,15-/m0/s1. The fourth-order valence-corrected chi connectivity index (χ4v) is 4.44. The summed E-state index contributed by atoms with van der Waals surface area (Å²) in [4.78, 5) is 23.8. The van der Waals surface area contributed by atoms with Crippen LogP contribution in [-0.4, -0.2) is 16.9 Å². The summed E-state index contributed by atoms with van der Waals surface area (Å²) >= 11 is 6.61. The van der Waals surface area contributed by atoms with E-state index >= 15 is 0 Å². The maximum absolute atomic E-state index is 12.1. The highest BCUT2D eigenvalue weighted by Crippen LogP contribution is 2.53. The number of hydrogen-bond acceptors (Lipinski definition) is 5. The molecule has 1 heterocycles. The lowest BCUT2D eigenvalue weighted by Crippen LogP contribution is -2.31. The number of aromatic hydroxyl groups is 1. The van der Waals surface area contributed by atoms with Crippen molar-refractivity contribution >= 4 is 43.6 Å². The number of halogens is 2. The van der Waals surface area contributed by atoms with E-state index < -0.39 is 11.9 Å². The van der Waals surface area contributed by atoms with Gasteiger partial charge in [-0.2, -0.15) is 0 Å². The first-order valence-electron chi connectivity index (χ1n) is 8.01. The minimum Gasteiger partial charge on any atom is -0.545 e. The number of carbonyl (C=O) groups is 2. The predicted octanol–water partition coefficient (Wildman–Crippen LogP) is 3.40. The Balaban J connectivity index is 2.03. The van der Waals surface area contributed by atoms with E-state index in [1.807, 2.05) is 0 Å². The second-order valence-corrected chi connectivity index (χ2v) is 7.78. The number of aromatic carboxylic acids is 1. The molecule has 7 heteroatoms. The molecule has 0 fully saturated rings. The van der Waals surface area contributed by atoms with E-state index in [0.29, 0.717) is 27.1 Å². The van der Waals surface area contributed by atoms with Crippen LogP contribution in [0.2, 0.25) is 0 Å². The van der Waals surface area contributed by atoms with Gasteiger partial charge in [0.2, 0.25) is 0 Å². The van der Waals surface area contributed by atoms with Gasteiger partial charge in [0.15, 0.2) is 5.78 Å². The van der Waals surface area contributed by atoms with Gasteiger partial charge in [-0.05, 0) is 49.6 Å². The first-order valence-corrected chi connectivity index (χ1v) is 9.60. The number of carboxylic acid groups (broad SMARTS) is 1. The fourth-order valence-electron chi connectivity index (χ4n) is 3.52. The average Bonchev–Trinajstić information content (AvgIpc) is 2.66. The third kappa shape index (κ3) is 2.82. The lowest BCUT2D eigenvalue weighted by molar-refractivity contribution is -0.255. The molecular formula is C20H11Br2O5-. The predicted molar refractivity (Wildman–Crippen MR) is 103 cm³/mol. The van der Waals surface area contributed by atoms with Gasteiger partial charge in [-0.1, -0.05) is 36.4 Å². The Bertz CT molecular complexity index is 1050. The van der Waals surface area contributed by atoms with E-state index in [0.717, 1.165) is 0 Å². The molecule has 5 nitrogen and oxygen atoms in total.